The van der Waals surface area contributed by atoms with Crippen LogP contribution >= 0.6 is 0 Å². The fraction of sp³-hybridized carbons (Fsp3) is 0.400. The fourth-order valence-corrected chi connectivity index (χ4v) is 1.07. The zero-order valence-corrected chi connectivity index (χ0v) is 7.66. The van der Waals surface area contributed by atoms with Gasteiger partial charge in [-0.15, -0.1) is 0 Å². The van der Waals surface area contributed by atoms with Gasteiger partial charge in [-0.1, -0.05) is 6.92 Å². The molecular formula is C10H14O3. The maximum Gasteiger partial charge on any atom is 0.119 e. The first-order valence-corrected chi connectivity index (χ1v) is 4.32. The lowest BCUT2D eigenvalue weighted by Crippen LogP contribution is -1.93. The van der Waals surface area contributed by atoms with E-state index in [0.29, 0.717) is 13.2 Å². The maximum absolute atomic E-state index is 9.13. The summed E-state index contributed by atoms with van der Waals surface area (Å²) >= 11 is 0. The summed E-state index contributed by atoms with van der Waals surface area (Å²) in [4.78, 5) is 0. The van der Waals surface area contributed by atoms with Crippen LogP contribution in [-0.4, -0.2) is 16.8 Å². The normalized spacial score (nSPS) is 10.2. The van der Waals surface area contributed by atoms with Gasteiger partial charge in [0.05, 0.1) is 6.61 Å². The molecule has 0 fully saturated rings. The second kappa shape index (κ2) is 4.72. The van der Waals surface area contributed by atoms with Crippen molar-refractivity contribution in [3.8, 4) is 11.5 Å². The monoisotopic (exact) mass is 182 g/mol. The minimum absolute atomic E-state index is 0.0649. The zero-order valence-electron chi connectivity index (χ0n) is 7.66. The second-order valence-corrected chi connectivity index (χ2v) is 2.91. The quantitative estimate of drug-likeness (QED) is 0.700. The third kappa shape index (κ3) is 3.34. The Kier molecular flexibility index (Phi) is 3.58. The molecule has 72 valence electrons. The number of phenols is 2. The Balaban J connectivity index is 2.56. The van der Waals surface area contributed by atoms with Crippen molar-refractivity contribution in [1.82, 2.24) is 0 Å². The van der Waals surface area contributed by atoms with Crippen molar-refractivity contribution in [3.63, 3.8) is 0 Å². The van der Waals surface area contributed by atoms with E-state index >= 15 is 0 Å². The minimum Gasteiger partial charge on any atom is -0.508 e. The molecule has 0 atom stereocenters. The smallest absolute Gasteiger partial charge is 0.119 e. The van der Waals surface area contributed by atoms with Crippen LogP contribution in [0.1, 0.15) is 18.9 Å². The summed E-state index contributed by atoms with van der Waals surface area (Å²) in [6.07, 6.45) is 0.963. The average Bonchev–Trinajstić information content (AvgIpc) is 2.03. The number of aromatic hydroxyl groups is 2. The SMILES string of the molecule is CCCOCc1cc(O)cc(O)c1. The third-order valence-electron chi connectivity index (χ3n) is 1.58. The van der Waals surface area contributed by atoms with Crippen LogP contribution in [0, 0.1) is 0 Å². The highest BCUT2D eigenvalue weighted by molar-refractivity contribution is 5.36. The predicted octanol–water partition coefficient (Wildman–Crippen LogP) is 2.02. The molecular weight excluding hydrogens is 168 g/mol. The molecule has 0 aliphatic rings. The largest absolute Gasteiger partial charge is 0.508 e. The Morgan fingerprint density at radius 3 is 2.31 bits per heavy atom. The van der Waals surface area contributed by atoms with E-state index in [0.717, 1.165) is 12.0 Å². The molecule has 0 bridgehead atoms. The molecule has 0 spiro atoms. The van der Waals surface area contributed by atoms with Crippen LogP contribution in [0.15, 0.2) is 18.2 Å². The fourth-order valence-electron chi connectivity index (χ4n) is 1.07. The summed E-state index contributed by atoms with van der Waals surface area (Å²) in [5, 5.41) is 18.3. The van der Waals surface area contributed by atoms with Crippen LogP contribution in [0.5, 0.6) is 11.5 Å². The number of hydrogen-bond acceptors (Lipinski definition) is 3. The van der Waals surface area contributed by atoms with E-state index in [1.807, 2.05) is 6.92 Å². The van der Waals surface area contributed by atoms with E-state index in [2.05, 4.69) is 0 Å². The van der Waals surface area contributed by atoms with Crippen LogP contribution in [0.25, 0.3) is 0 Å². The number of benzene rings is 1. The van der Waals surface area contributed by atoms with Crippen molar-refractivity contribution in [1.29, 1.82) is 0 Å². The Labute approximate surface area is 77.6 Å². The van der Waals surface area contributed by atoms with Crippen molar-refractivity contribution in [2.75, 3.05) is 6.61 Å². The van der Waals surface area contributed by atoms with E-state index in [9.17, 15) is 0 Å². The van der Waals surface area contributed by atoms with Crippen LogP contribution in [0.3, 0.4) is 0 Å². The number of ether oxygens (including phenoxy) is 1. The van der Waals surface area contributed by atoms with Gasteiger partial charge in [-0.2, -0.15) is 0 Å². The van der Waals surface area contributed by atoms with Gasteiger partial charge in [0.2, 0.25) is 0 Å². The van der Waals surface area contributed by atoms with E-state index < -0.39 is 0 Å². The first kappa shape index (κ1) is 9.86. The lowest BCUT2D eigenvalue weighted by atomic mass is 10.2. The molecule has 2 N–H and O–H groups in total. The molecule has 1 rings (SSSR count). The molecule has 0 radical (unpaired) electrons. The predicted molar refractivity (Wildman–Crippen MR) is 49.7 cm³/mol. The van der Waals surface area contributed by atoms with Crippen molar-refractivity contribution in [3.05, 3.63) is 23.8 Å². The Bertz CT molecular complexity index is 251. The van der Waals surface area contributed by atoms with Crippen molar-refractivity contribution in [2.24, 2.45) is 0 Å². The van der Waals surface area contributed by atoms with Crippen LogP contribution in [0.4, 0.5) is 0 Å². The maximum atomic E-state index is 9.13. The lowest BCUT2D eigenvalue weighted by Gasteiger charge is -2.03. The molecule has 1 aromatic carbocycles. The molecule has 13 heavy (non-hydrogen) atoms. The van der Waals surface area contributed by atoms with Crippen molar-refractivity contribution < 1.29 is 14.9 Å². The number of phenolic OH excluding ortho intramolecular Hbond substituents is 2. The Morgan fingerprint density at radius 2 is 1.77 bits per heavy atom. The lowest BCUT2D eigenvalue weighted by molar-refractivity contribution is 0.121. The molecule has 0 heterocycles. The van der Waals surface area contributed by atoms with Gasteiger partial charge in [-0.05, 0) is 24.1 Å². The molecule has 3 nitrogen and oxygen atoms in total. The number of rotatable bonds is 4. The van der Waals surface area contributed by atoms with Gasteiger partial charge < -0.3 is 14.9 Å². The van der Waals surface area contributed by atoms with Gasteiger partial charge in [-0.25, -0.2) is 0 Å². The zero-order chi connectivity index (χ0) is 9.68. The molecule has 0 amide bonds. The molecule has 1 aromatic rings. The van der Waals surface area contributed by atoms with Gasteiger partial charge in [0.1, 0.15) is 11.5 Å². The van der Waals surface area contributed by atoms with Crippen molar-refractivity contribution >= 4 is 0 Å². The van der Waals surface area contributed by atoms with Crippen LogP contribution in [-0.2, 0) is 11.3 Å². The van der Waals surface area contributed by atoms with Crippen LogP contribution < -0.4 is 0 Å². The molecule has 0 aliphatic carbocycles. The van der Waals surface area contributed by atoms with E-state index in [-0.39, 0.29) is 11.5 Å². The summed E-state index contributed by atoms with van der Waals surface area (Å²) in [6, 6.07) is 4.45. The van der Waals surface area contributed by atoms with E-state index in [1.54, 1.807) is 12.1 Å². The minimum atomic E-state index is 0.0649. The van der Waals surface area contributed by atoms with Gasteiger partial charge in [0, 0.05) is 12.7 Å². The van der Waals surface area contributed by atoms with Gasteiger partial charge >= 0.3 is 0 Å². The summed E-state index contributed by atoms with van der Waals surface area (Å²) in [6.45, 7) is 3.14. The highest BCUT2D eigenvalue weighted by Crippen LogP contribution is 2.20. The molecule has 0 aromatic heterocycles. The highest BCUT2D eigenvalue weighted by Gasteiger charge is 1.98. The van der Waals surface area contributed by atoms with E-state index in [4.69, 9.17) is 14.9 Å². The van der Waals surface area contributed by atoms with Gasteiger partial charge in [0.15, 0.2) is 0 Å². The Morgan fingerprint density at radius 1 is 1.15 bits per heavy atom. The summed E-state index contributed by atoms with van der Waals surface area (Å²) in [5.74, 6) is 0.130. The first-order chi connectivity index (χ1) is 6.22. The van der Waals surface area contributed by atoms with E-state index in [1.165, 1.54) is 6.07 Å². The van der Waals surface area contributed by atoms with Crippen molar-refractivity contribution in [2.45, 2.75) is 20.0 Å². The number of hydrogen-bond donors (Lipinski definition) is 2. The molecule has 3 heteroatoms. The second-order valence-electron chi connectivity index (χ2n) is 2.91. The summed E-state index contributed by atoms with van der Waals surface area (Å²) < 4.78 is 5.26. The molecule has 0 unspecified atom stereocenters. The standard InChI is InChI=1S/C10H14O3/c1-2-3-13-7-8-4-9(11)6-10(12)5-8/h4-6,11-12H,2-3,7H2,1H3. The summed E-state index contributed by atoms with van der Waals surface area (Å²) in [5.41, 5.74) is 0.783. The molecule has 0 aliphatic heterocycles. The third-order valence-corrected chi connectivity index (χ3v) is 1.58. The summed E-state index contributed by atoms with van der Waals surface area (Å²) in [7, 11) is 0. The Hall–Kier alpha value is -1.22. The average molecular weight is 182 g/mol. The topological polar surface area (TPSA) is 49.7 Å². The van der Waals surface area contributed by atoms with Crippen LogP contribution in [0.2, 0.25) is 0 Å². The molecule has 0 saturated carbocycles. The first-order valence-electron chi connectivity index (χ1n) is 4.32. The highest BCUT2D eigenvalue weighted by atomic mass is 16.5. The van der Waals surface area contributed by atoms with Gasteiger partial charge in [0.25, 0.3) is 0 Å². The molecule has 0 saturated heterocycles. The van der Waals surface area contributed by atoms with Gasteiger partial charge in [-0.3, -0.25) is 0 Å².